The van der Waals surface area contributed by atoms with Gasteiger partial charge in [0.25, 0.3) is 0 Å². The molecule has 2 unspecified atom stereocenters. The molecule has 6 rings (SSSR count). The fourth-order valence-corrected chi connectivity index (χ4v) is 6.63. The van der Waals surface area contributed by atoms with Gasteiger partial charge >= 0.3 is 5.97 Å². The van der Waals surface area contributed by atoms with Gasteiger partial charge in [-0.15, -0.1) is 0 Å². The van der Waals surface area contributed by atoms with Crippen LogP contribution in [0.2, 0.25) is 5.15 Å². The molecule has 3 aromatic heterocycles. The smallest absolute Gasteiger partial charge is 0.356 e. The summed E-state index contributed by atoms with van der Waals surface area (Å²) in [6.45, 7) is 3.91. The van der Waals surface area contributed by atoms with Crippen molar-refractivity contribution in [2.24, 2.45) is 7.05 Å². The van der Waals surface area contributed by atoms with Crippen molar-refractivity contribution in [3.63, 3.8) is 0 Å². The molecule has 2 aliphatic heterocycles. The van der Waals surface area contributed by atoms with Crippen LogP contribution in [0.4, 0.5) is 11.5 Å². The van der Waals surface area contributed by atoms with E-state index >= 15 is 0 Å². The Balaban J connectivity index is 1.39. The molecule has 40 heavy (non-hydrogen) atoms. The molecule has 0 amide bonds. The van der Waals surface area contributed by atoms with E-state index in [1.54, 1.807) is 12.1 Å². The number of aryl methyl sites for hydroxylation is 2. The van der Waals surface area contributed by atoms with Crippen LogP contribution in [-0.2, 0) is 7.05 Å². The number of aromatic nitrogens is 5. The second-order valence-corrected chi connectivity index (χ2v) is 11.2. The summed E-state index contributed by atoms with van der Waals surface area (Å²) in [5.41, 5.74) is 4.93. The van der Waals surface area contributed by atoms with Crippen LogP contribution in [0.3, 0.4) is 0 Å². The summed E-state index contributed by atoms with van der Waals surface area (Å²) in [6.07, 6.45) is 5.89. The minimum absolute atomic E-state index is 0.109. The van der Waals surface area contributed by atoms with Crippen LogP contribution in [0.25, 0.3) is 11.0 Å². The Labute approximate surface area is 236 Å². The second-order valence-electron chi connectivity index (χ2n) is 10.8. The average Bonchev–Trinajstić information content (AvgIpc) is 3.47. The third-order valence-corrected chi connectivity index (χ3v) is 8.40. The molecule has 2 saturated heterocycles. The molecule has 2 bridgehead atoms. The number of halogens is 1. The fourth-order valence-electron chi connectivity index (χ4n) is 6.48. The van der Waals surface area contributed by atoms with Gasteiger partial charge in [-0.2, -0.15) is 10.4 Å². The van der Waals surface area contributed by atoms with Crippen molar-refractivity contribution in [3.05, 3.63) is 69.9 Å². The quantitative estimate of drug-likeness (QED) is 0.300. The van der Waals surface area contributed by atoms with Gasteiger partial charge in [0.1, 0.15) is 11.2 Å². The predicted octanol–water partition coefficient (Wildman–Crippen LogP) is 5.38. The van der Waals surface area contributed by atoms with Gasteiger partial charge in [-0.3, -0.25) is 4.68 Å². The number of aromatic carboxylic acids is 1. The van der Waals surface area contributed by atoms with E-state index in [1.165, 1.54) is 5.69 Å². The zero-order valence-electron chi connectivity index (χ0n) is 22.5. The molecule has 4 aromatic rings. The van der Waals surface area contributed by atoms with Crippen molar-refractivity contribution in [3.8, 4) is 6.07 Å². The monoisotopic (exact) mass is 556 g/mol. The van der Waals surface area contributed by atoms with E-state index in [2.05, 4.69) is 32.4 Å². The van der Waals surface area contributed by atoms with Crippen LogP contribution < -0.4 is 10.2 Å². The van der Waals surface area contributed by atoms with E-state index in [1.807, 2.05) is 43.9 Å². The molecule has 11 heteroatoms. The van der Waals surface area contributed by atoms with Crippen LogP contribution in [0.5, 0.6) is 0 Å². The third-order valence-electron chi connectivity index (χ3n) is 8.19. The van der Waals surface area contributed by atoms with Gasteiger partial charge in [0.05, 0.1) is 22.8 Å². The number of carboxylic acid groups (broad SMARTS) is 1. The minimum Gasteiger partial charge on any atom is -0.476 e. The first kappa shape index (κ1) is 26.0. The lowest BCUT2D eigenvalue weighted by Gasteiger charge is -2.40. The van der Waals surface area contributed by atoms with E-state index < -0.39 is 5.97 Å². The number of hydrogen-bond acceptors (Lipinski definition) is 8. The van der Waals surface area contributed by atoms with Gasteiger partial charge in [-0.05, 0) is 69.4 Å². The van der Waals surface area contributed by atoms with E-state index in [9.17, 15) is 15.2 Å². The lowest BCUT2D eigenvalue weighted by atomic mass is 9.88. The van der Waals surface area contributed by atoms with Crippen molar-refractivity contribution in [1.29, 1.82) is 5.26 Å². The van der Waals surface area contributed by atoms with E-state index in [4.69, 9.17) is 21.6 Å². The van der Waals surface area contributed by atoms with Crippen LogP contribution in [-0.4, -0.2) is 47.9 Å². The Bertz CT molecular complexity index is 1660. The van der Waals surface area contributed by atoms with E-state index in [-0.39, 0.29) is 29.0 Å². The fraction of sp³-hybridized carbons (Fsp3) is 0.379. The van der Waals surface area contributed by atoms with Crippen molar-refractivity contribution >= 4 is 40.1 Å². The molecule has 0 spiro atoms. The topological polar surface area (TPSA) is 133 Å². The van der Waals surface area contributed by atoms with Gasteiger partial charge in [-0.25, -0.2) is 19.7 Å². The summed E-state index contributed by atoms with van der Waals surface area (Å²) in [7, 11) is 1.99. The molecule has 0 aliphatic carbocycles. The van der Waals surface area contributed by atoms with Gasteiger partial charge in [-0.1, -0.05) is 17.7 Å². The average molecular weight is 557 g/mol. The zero-order valence-corrected chi connectivity index (χ0v) is 23.2. The number of benzene rings is 1. The van der Waals surface area contributed by atoms with Gasteiger partial charge in [0.15, 0.2) is 17.2 Å². The third kappa shape index (κ3) is 4.50. The molecule has 2 N–H and O–H groups in total. The van der Waals surface area contributed by atoms with Crippen molar-refractivity contribution in [1.82, 2.24) is 24.7 Å². The molecule has 0 radical (unpaired) electrons. The van der Waals surface area contributed by atoms with Crippen molar-refractivity contribution < 1.29 is 9.90 Å². The molecule has 5 heterocycles. The van der Waals surface area contributed by atoms with Crippen molar-refractivity contribution in [2.75, 3.05) is 10.2 Å². The number of anilines is 2. The Morgan fingerprint density at radius 1 is 1.18 bits per heavy atom. The first-order chi connectivity index (χ1) is 19.2. The second kappa shape index (κ2) is 10.1. The van der Waals surface area contributed by atoms with E-state index in [0.717, 1.165) is 36.8 Å². The van der Waals surface area contributed by atoms with Gasteiger partial charge < -0.3 is 15.3 Å². The highest BCUT2D eigenvalue weighted by Crippen LogP contribution is 2.45. The Kier molecular flexibility index (Phi) is 6.55. The van der Waals surface area contributed by atoms with Crippen LogP contribution >= 0.6 is 11.6 Å². The lowest BCUT2D eigenvalue weighted by molar-refractivity contribution is 0.0691. The summed E-state index contributed by atoms with van der Waals surface area (Å²) >= 11 is 5.95. The summed E-state index contributed by atoms with van der Waals surface area (Å²) < 4.78 is 1.96. The number of nitriles is 1. The number of hydrogen-bond donors (Lipinski definition) is 2. The highest BCUT2D eigenvalue weighted by atomic mass is 35.5. The highest BCUT2D eigenvalue weighted by Gasteiger charge is 2.43. The zero-order chi connectivity index (χ0) is 28.1. The summed E-state index contributed by atoms with van der Waals surface area (Å²) in [6, 6.07) is 11.7. The summed E-state index contributed by atoms with van der Waals surface area (Å²) in [5.74, 6) is -0.126. The highest BCUT2D eigenvalue weighted by molar-refractivity contribution is 6.29. The molecular formula is C29H29ClN8O2. The number of rotatable bonds is 6. The molecule has 204 valence electrons. The molecular weight excluding hydrogens is 528 g/mol. The van der Waals surface area contributed by atoms with Crippen LogP contribution in [0.15, 0.2) is 36.5 Å². The maximum Gasteiger partial charge on any atom is 0.356 e. The minimum atomic E-state index is -1.17. The number of carboxylic acids is 1. The maximum absolute atomic E-state index is 11.8. The first-order valence-electron chi connectivity index (χ1n) is 13.4. The molecule has 2 aliphatic rings. The van der Waals surface area contributed by atoms with E-state index in [0.29, 0.717) is 34.2 Å². The SMILES string of the molecule is Cc1cc([C@@H](C)Nc2ccc(Cl)nc2C(=O)O)c2nc(N3C4CCC3CC(c3ccnn3C)C4)c(C#N)nc2c1. The van der Waals surface area contributed by atoms with Crippen LogP contribution in [0.1, 0.15) is 77.6 Å². The lowest BCUT2D eigenvalue weighted by Crippen LogP contribution is -2.43. The molecule has 3 atom stereocenters. The van der Waals surface area contributed by atoms with Crippen LogP contribution in [0, 0.1) is 18.3 Å². The Morgan fingerprint density at radius 2 is 1.93 bits per heavy atom. The number of pyridine rings is 1. The number of nitrogens with zero attached hydrogens (tertiary/aromatic N) is 7. The van der Waals surface area contributed by atoms with Gasteiger partial charge in [0, 0.05) is 42.5 Å². The normalized spacial score (nSPS) is 20.9. The molecule has 10 nitrogen and oxygen atoms in total. The van der Waals surface area contributed by atoms with Gasteiger partial charge in [0.2, 0.25) is 0 Å². The maximum atomic E-state index is 11.8. The molecule has 2 fully saturated rings. The Morgan fingerprint density at radius 3 is 2.58 bits per heavy atom. The number of carbonyl (C=O) groups is 1. The predicted molar refractivity (Wildman–Crippen MR) is 152 cm³/mol. The molecule has 0 saturated carbocycles. The summed E-state index contributed by atoms with van der Waals surface area (Å²) in [5, 5.41) is 27.5. The first-order valence-corrected chi connectivity index (χ1v) is 13.8. The number of nitrogens with one attached hydrogen (secondary N) is 1. The largest absolute Gasteiger partial charge is 0.476 e. The standard InChI is InChI=1S/C29H29ClN8O2/c1-15-10-20(16(2)33-21-6-7-25(30)35-27(21)29(39)40)26-22(11-15)34-23(14-31)28(36-26)38-18-4-5-19(38)13-17(12-18)24-8-9-32-37(24)3/h6-11,16-19,33H,4-5,12-13H2,1-3H3,(H,39,40)/t16-,17?,18?,19?/m1/s1. The summed E-state index contributed by atoms with van der Waals surface area (Å²) in [4.78, 5) is 28.0. The number of fused-ring (bicyclic) bond motifs is 3. The van der Waals surface area contributed by atoms with Crippen molar-refractivity contribution in [2.45, 2.75) is 63.6 Å². The number of piperidine rings is 1. The molecule has 1 aromatic carbocycles. The Hall–Kier alpha value is -4.23.